The van der Waals surface area contributed by atoms with Crippen molar-refractivity contribution in [2.24, 2.45) is 11.3 Å². The third kappa shape index (κ3) is 2.66. The minimum Gasteiger partial charge on any atom is -0.481 e. The van der Waals surface area contributed by atoms with Gasteiger partial charge in [0, 0.05) is 0 Å². The fraction of sp³-hybridized carbons (Fsp3) is 0.900. The van der Waals surface area contributed by atoms with Crippen LogP contribution in [0.1, 0.15) is 32.6 Å². The largest absolute Gasteiger partial charge is 0.481 e. The second kappa shape index (κ2) is 4.24. The molecule has 2 N–H and O–H groups in total. The maximum absolute atomic E-state index is 12.2. The van der Waals surface area contributed by atoms with E-state index in [2.05, 4.69) is 0 Å². The van der Waals surface area contributed by atoms with Crippen LogP contribution in [-0.2, 0) is 4.79 Å². The van der Waals surface area contributed by atoms with Crippen LogP contribution in [0.25, 0.3) is 0 Å². The number of aliphatic hydroxyl groups excluding tert-OH is 1. The second-order valence-electron chi connectivity index (χ2n) is 4.69. The van der Waals surface area contributed by atoms with Gasteiger partial charge in [0.2, 0.25) is 0 Å². The first-order chi connectivity index (χ1) is 7.17. The first-order valence-electron chi connectivity index (χ1n) is 5.15. The van der Waals surface area contributed by atoms with Gasteiger partial charge in [0.15, 0.2) is 6.10 Å². The predicted octanol–water partition coefficient (Wildman–Crippen LogP) is 2.19. The van der Waals surface area contributed by atoms with E-state index in [0.29, 0.717) is 6.42 Å². The second-order valence-corrected chi connectivity index (χ2v) is 4.69. The van der Waals surface area contributed by atoms with Gasteiger partial charge in [0.05, 0.1) is 5.41 Å². The first-order valence-corrected chi connectivity index (χ1v) is 5.15. The standard InChI is InChI=1S/C10H15F3O3/c1-6-2-3-9(4-6,8(15)16)5-7(14)10(11,12)13/h6-7,14H,2-5H2,1H3,(H,15,16). The van der Waals surface area contributed by atoms with Crippen molar-refractivity contribution >= 4 is 5.97 Å². The summed E-state index contributed by atoms with van der Waals surface area (Å²) < 4.78 is 36.6. The molecule has 3 nitrogen and oxygen atoms in total. The molecule has 0 aromatic carbocycles. The number of halogens is 3. The molecule has 1 aliphatic carbocycles. The molecular weight excluding hydrogens is 225 g/mol. The van der Waals surface area contributed by atoms with Gasteiger partial charge >= 0.3 is 12.1 Å². The van der Waals surface area contributed by atoms with E-state index in [1.54, 1.807) is 0 Å². The van der Waals surface area contributed by atoms with Gasteiger partial charge in [-0.25, -0.2) is 0 Å². The SMILES string of the molecule is CC1CCC(CC(O)C(F)(F)F)(C(=O)O)C1. The van der Waals surface area contributed by atoms with Gasteiger partial charge in [-0.2, -0.15) is 13.2 Å². The summed E-state index contributed by atoms with van der Waals surface area (Å²) in [5.41, 5.74) is -1.41. The van der Waals surface area contributed by atoms with Crippen LogP contribution >= 0.6 is 0 Å². The van der Waals surface area contributed by atoms with Crippen LogP contribution in [-0.4, -0.2) is 28.5 Å². The highest BCUT2D eigenvalue weighted by molar-refractivity contribution is 5.75. The Morgan fingerprint density at radius 3 is 2.44 bits per heavy atom. The van der Waals surface area contributed by atoms with Crippen LogP contribution in [0.4, 0.5) is 13.2 Å². The quantitative estimate of drug-likeness (QED) is 0.795. The number of aliphatic carboxylic acids is 1. The van der Waals surface area contributed by atoms with E-state index in [1.165, 1.54) is 0 Å². The summed E-state index contributed by atoms with van der Waals surface area (Å²) in [6, 6.07) is 0. The molecule has 0 spiro atoms. The number of hydrogen-bond donors (Lipinski definition) is 2. The van der Waals surface area contributed by atoms with Crippen molar-refractivity contribution in [2.75, 3.05) is 0 Å². The number of rotatable bonds is 3. The zero-order chi connectivity index (χ0) is 12.6. The minimum absolute atomic E-state index is 0.0940. The topological polar surface area (TPSA) is 57.5 Å². The molecule has 3 atom stereocenters. The normalized spacial score (nSPS) is 32.7. The number of carboxylic acids is 1. The van der Waals surface area contributed by atoms with Crippen molar-refractivity contribution in [1.82, 2.24) is 0 Å². The molecule has 0 amide bonds. The Bertz CT molecular complexity index is 277. The van der Waals surface area contributed by atoms with Crippen LogP contribution in [0.15, 0.2) is 0 Å². The maximum Gasteiger partial charge on any atom is 0.414 e. The van der Waals surface area contributed by atoms with E-state index < -0.39 is 30.1 Å². The summed E-state index contributed by atoms with van der Waals surface area (Å²) in [6.45, 7) is 1.81. The Kier molecular flexibility index (Phi) is 3.52. The van der Waals surface area contributed by atoms with E-state index in [1.807, 2.05) is 6.92 Å². The van der Waals surface area contributed by atoms with E-state index >= 15 is 0 Å². The minimum atomic E-state index is -4.74. The molecule has 0 aromatic heterocycles. The highest BCUT2D eigenvalue weighted by Crippen LogP contribution is 2.46. The molecule has 0 aromatic rings. The lowest BCUT2D eigenvalue weighted by molar-refractivity contribution is -0.214. The average molecular weight is 240 g/mol. The summed E-state index contributed by atoms with van der Waals surface area (Å²) in [5.74, 6) is -1.14. The lowest BCUT2D eigenvalue weighted by Crippen LogP contribution is -2.39. The Balaban J connectivity index is 2.78. The molecule has 16 heavy (non-hydrogen) atoms. The average Bonchev–Trinajstić information content (AvgIpc) is 2.47. The molecule has 6 heteroatoms. The van der Waals surface area contributed by atoms with Crippen LogP contribution in [0.5, 0.6) is 0 Å². The fourth-order valence-corrected chi connectivity index (χ4v) is 2.35. The van der Waals surface area contributed by atoms with Crippen molar-refractivity contribution in [3.8, 4) is 0 Å². The summed E-state index contributed by atoms with van der Waals surface area (Å²) in [4.78, 5) is 11.1. The summed E-state index contributed by atoms with van der Waals surface area (Å²) >= 11 is 0. The summed E-state index contributed by atoms with van der Waals surface area (Å²) in [5, 5.41) is 18.0. The van der Waals surface area contributed by atoms with Crippen LogP contribution in [0, 0.1) is 11.3 Å². The predicted molar refractivity (Wildman–Crippen MR) is 49.8 cm³/mol. The Morgan fingerprint density at radius 1 is 1.56 bits per heavy atom. The van der Waals surface area contributed by atoms with Crippen molar-refractivity contribution in [3.05, 3.63) is 0 Å². The zero-order valence-electron chi connectivity index (χ0n) is 8.92. The number of aliphatic hydroxyl groups is 1. The van der Waals surface area contributed by atoms with E-state index in [-0.39, 0.29) is 18.8 Å². The molecule has 0 saturated heterocycles. The van der Waals surface area contributed by atoms with E-state index in [9.17, 15) is 18.0 Å². The molecule has 1 fully saturated rings. The number of carboxylic acid groups (broad SMARTS) is 1. The number of alkyl halides is 3. The maximum atomic E-state index is 12.2. The fourth-order valence-electron chi connectivity index (χ4n) is 2.35. The molecule has 1 rings (SSSR count). The van der Waals surface area contributed by atoms with Gasteiger partial charge in [-0.3, -0.25) is 4.79 Å². The van der Waals surface area contributed by atoms with Crippen molar-refractivity contribution < 1.29 is 28.2 Å². The number of carbonyl (C=O) groups is 1. The molecule has 0 aliphatic heterocycles. The van der Waals surface area contributed by atoms with Gasteiger partial charge in [-0.1, -0.05) is 6.92 Å². The molecule has 0 bridgehead atoms. The van der Waals surface area contributed by atoms with Gasteiger partial charge in [-0.15, -0.1) is 0 Å². The third-order valence-electron chi connectivity index (χ3n) is 3.27. The first kappa shape index (κ1) is 13.3. The Labute approximate surface area is 91.3 Å². The molecule has 94 valence electrons. The zero-order valence-corrected chi connectivity index (χ0v) is 8.92. The molecule has 1 aliphatic rings. The van der Waals surface area contributed by atoms with Crippen LogP contribution in [0.3, 0.4) is 0 Å². The Morgan fingerprint density at radius 2 is 2.12 bits per heavy atom. The highest BCUT2D eigenvalue weighted by atomic mass is 19.4. The number of hydrogen-bond acceptors (Lipinski definition) is 2. The molecule has 1 saturated carbocycles. The van der Waals surface area contributed by atoms with Crippen molar-refractivity contribution in [3.63, 3.8) is 0 Å². The molecule has 0 heterocycles. The summed E-state index contributed by atoms with van der Waals surface area (Å²) in [6.07, 6.45) is -7.03. The van der Waals surface area contributed by atoms with Crippen molar-refractivity contribution in [2.45, 2.75) is 44.9 Å². The Hall–Kier alpha value is -0.780. The van der Waals surface area contributed by atoms with Crippen LogP contribution < -0.4 is 0 Å². The highest BCUT2D eigenvalue weighted by Gasteiger charge is 2.50. The van der Waals surface area contributed by atoms with Gasteiger partial charge in [0.1, 0.15) is 0 Å². The van der Waals surface area contributed by atoms with Gasteiger partial charge in [-0.05, 0) is 31.6 Å². The molecular formula is C10H15F3O3. The van der Waals surface area contributed by atoms with E-state index in [0.717, 1.165) is 0 Å². The monoisotopic (exact) mass is 240 g/mol. The smallest absolute Gasteiger partial charge is 0.414 e. The summed E-state index contributed by atoms with van der Waals surface area (Å²) in [7, 11) is 0. The molecule has 0 radical (unpaired) electrons. The molecule has 3 unspecified atom stereocenters. The lowest BCUT2D eigenvalue weighted by atomic mass is 9.80. The van der Waals surface area contributed by atoms with Crippen molar-refractivity contribution in [1.29, 1.82) is 0 Å². The third-order valence-corrected chi connectivity index (χ3v) is 3.27. The van der Waals surface area contributed by atoms with E-state index in [4.69, 9.17) is 10.2 Å². The van der Waals surface area contributed by atoms with Crippen LogP contribution in [0.2, 0.25) is 0 Å². The van der Waals surface area contributed by atoms with Gasteiger partial charge in [0.25, 0.3) is 0 Å². The van der Waals surface area contributed by atoms with Gasteiger partial charge < -0.3 is 10.2 Å². The lowest BCUT2D eigenvalue weighted by Gasteiger charge is -2.27.